The van der Waals surface area contributed by atoms with E-state index in [1.807, 2.05) is 31.3 Å². The molecule has 1 aromatic heterocycles. The molecule has 4 nitrogen and oxygen atoms in total. The Bertz CT molecular complexity index is 555. The highest BCUT2D eigenvalue weighted by atomic mass is 16.5. The monoisotopic (exact) mass is 257 g/mol. The molecule has 0 fully saturated rings. The number of pyridine rings is 1. The van der Waals surface area contributed by atoms with Gasteiger partial charge in [0.2, 0.25) is 0 Å². The number of aryl methyl sites for hydroxylation is 2. The number of hydrogen-bond donors (Lipinski definition) is 2. The molecular formula is C15H19N3O. The minimum Gasteiger partial charge on any atom is -0.496 e. The lowest BCUT2D eigenvalue weighted by atomic mass is 9.94. The first-order chi connectivity index (χ1) is 9.17. The number of benzene rings is 1. The van der Waals surface area contributed by atoms with Crippen LogP contribution in [-0.4, -0.2) is 12.1 Å². The first-order valence-electron chi connectivity index (χ1n) is 6.18. The van der Waals surface area contributed by atoms with Gasteiger partial charge in [-0.3, -0.25) is 10.8 Å². The molecule has 3 N–H and O–H groups in total. The van der Waals surface area contributed by atoms with Gasteiger partial charge in [-0.05, 0) is 48.2 Å². The summed E-state index contributed by atoms with van der Waals surface area (Å²) in [6, 6.07) is 7.98. The van der Waals surface area contributed by atoms with Gasteiger partial charge in [-0.2, -0.15) is 0 Å². The number of ether oxygens (including phenoxy) is 1. The molecule has 2 aromatic rings. The Morgan fingerprint density at radius 3 is 2.63 bits per heavy atom. The largest absolute Gasteiger partial charge is 0.496 e. The summed E-state index contributed by atoms with van der Waals surface area (Å²) in [6.45, 7) is 4.08. The van der Waals surface area contributed by atoms with Gasteiger partial charge in [0.25, 0.3) is 0 Å². The second-order valence-corrected chi connectivity index (χ2v) is 4.56. The molecule has 1 aromatic carbocycles. The lowest BCUT2D eigenvalue weighted by Gasteiger charge is -2.20. The Kier molecular flexibility index (Phi) is 4.14. The van der Waals surface area contributed by atoms with E-state index in [-0.39, 0.29) is 6.04 Å². The summed E-state index contributed by atoms with van der Waals surface area (Å²) in [5, 5.41) is 0. The average Bonchev–Trinajstić information content (AvgIpc) is 2.44. The van der Waals surface area contributed by atoms with Gasteiger partial charge in [-0.25, -0.2) is 5.43 Å². The maximum Gasteiger partial charge on any atom is 0.122 e. The van der Waals surface area contributed by atoms with Crippen LogP contribution in [0.2, 0.25) is 0 Å². The Hall–Kier alpha value is -1.91. The second-order valence-electron chi connectivity index (χ2n) is 4.56. The van der Waals surface area contributed by atoms with Crippen LogP contribution in [0.15, 0.2) is 36.7 Å². The fraction of sp³-hybridized carbons (Fsp3) is 0.267. The molecule has 19 heavy (non-hydrogen) atoms. The maximum atomic E-state index is 5.72. The molecule has 0 amide bonds. The van der Waals surface area contributed by atoms with Crippen LogP contribution in [0, 0.1) is 13.8 Å². The van der Waals surface area contributed by atoms with Crippen molar-refractivity contribution in [2.24, 2.45) is 5.84 Å². The molecule has 0 spiro atoms. The highest BCUT2D eigenvalue weighted by Gasteiger charge is 2.16. The second kappa shape index (κ2) is 5.82. The van der Waals surface area contributed by atoms with Crippen molar-refractivity contribution in [1.82, 2.24) is 10.4 Å². The van der Waals surface area contributed by atoms with Gasteiger partial charge >= 0.3 is 0 Å². The molecule has 1 unspecified atom stereocenters. The minimum absolute atomic E-state index is 0.0710. The zero-order valence-electron chi connectivity index (χ0n) is 11.5. The summed E-state index contributed by atoms with van der Waals surface area (Å²) in [4.78, 5) is 4.14. The smallest absolute Gasteiger partial charge is 0.122 e. The van der Waals surface area contributed by atoms with E-state index in [1.165, 1.54) is 0 Å². The molecule has 2 rings (SSSR count). The number of hydrazine groups is 1. The van der Waals surface area contributed by atoms with E-state index in [0.29, 0.717) is 0 Å². The van der Waals surface area contributed by atoms with Gasteiger partial charge in [0.05, 0.1) is 13.2 Å². The first-order valence-corrected chi connectivity index (χ1v) is 6.18. The van der Waals surface area contributed by atoms with Crippen molar-refractivity contribution < 1.29 is 4.74 Å². The molecule has 100 valence electrons. The molecule has 0 saturated heterocycles. The maximum absolute atomic E-state index is 5.72. The Labute approximate surface area is 113 Å². The number of aromatic nitrogens is 1. The zero-order valence-corrected chi connectivity index (χ0v) is 11.5. The van der Waals surface area contributed by atoms with Crippen LogP contribution in [0.25, 0.3) is 0 Å². The van der Waals surface area contributed by atoms with E-state index in [0.717, 1.165) is 28.0 Å². The predicted molar refractivity (Wildman–Crippen MR) is 75.9 cm³/mol. The highest BCUT2D eigenvalue weighted by molar-refractivity contribution is 5.45. The summed E-state index contributed by atoms with van der Waals surface area (Å²) in [5.74, 6) is 6.61. The summed E-state index contributed by atoms with van der Waals surface area (Å²) in [5.41, 5.74) is 7.26. The fourth-order valence-electron chi connectivity index (χ4n) is 2.26. The lowest BCUT2D eigenvalue weighted by Crippen LogP contribution is -2.29. The molecule has 4 heteroatoms. The van der Waals surface area contributed by atoms with Crippen LogP contribution < -0.4 is 16.0 Å². The number of hydrogen-bond acceptors (Lipinski definition) is 4. The minimum atomic E-state index is -0.0710. The third kappa shape index (κ3) is 2.75. The number of nitrogens with one attached hydrogen (secondary N) is 1. The summed E-state index contributed by atoms with van der Waals surface area (Å²) >= 11 is 0. The van der Waals surface area contributed by atoms with Crippen molar-refractivity contribution in [1.29, 1.82) is 0 Å². The standard InChI is InChI=1S/C15H19N3O/c1-10-8-14(19-3)11(2)7-13(10)15(18-16)12-5-4-6-17-9-12/h4-9,15,18H,16H2,1-3H3. The first kappa shape index (κ1) is 13.5. The number of rotatable bonds is 4. The topological polar surface area (TPSA) is 60.2 Å². The third-order valence-corrected chi connectivity index (χ3v) is 3.28. The molecule has 1 heterocycles. The molecule has 0 saturated carbocycles. The summed E-state index contributed by atoms with van der Waals surface area (Å²) < 4.78 is 5.34. The van der Waals surface area contributed by atoms with Crippen LogP contribution in [0.4, 0.5) is 0 Å². The Morgan fingerprint density at radius 1 is 1.26 bits per heavy atom. The van der Waals surface area contributed by atoms with Crippen molar-refractivity contribution in [3.8, 4) is 5.75 Å². The molecule has 0 bridgehead atoms. The molecule has 0 aliphatic rings. The third-order valence-electron chi connectivity index (χ3n) is 3.28. The van der Waals surface area contributed by atoms with Gasteiger partial charge in [-0.15, -0.1) is 0 Å². The highest BCUT2D eigenvalue weighted by Crippen LogP contribution is 2.29. The van der Waals surface area contributed by atoms with E-state index in [4.69, 9.17) is 10.6 Å². The van der Waals surface area contributed by atoms with Crippen molar-refractivity contribution in [3.05, 3.63) is 58.9 Å². The fourth-order valence-corrected chi connectivity index (χ4v) is 2.26. The lowest BCUT2D eigenvalue weighted by molar-refractivity contribution is 0.411. The predicted octanol–water partition coefficient (Wildman–Crippen LogP) is 2.26. The van der Waals surface area contributed by atoms with E-state index in [2.05, 4.69) is 23.4 Å². The SMILES string of the molecule is COc1cc(C)c(C(NN)c2cccnc2)cc1C. The van der Waals surface area contributed by atoms with Crippen LogP contribution in [-0.2, 0) is 0 Å². The van der Waals surface area contributed by atoms with E-state index >= 15 is 0 Å². The quantitative estimate of drug-likeness (QED) is 0.651. The molecule has 1 atom stereocenters. The summed E-state index contributed by atoms with van der Waals surface area (Å²) in [6.07, 6.45) is 3.58. The zero-order chi connectivity index (χ0) is 13.8. The Morgan fingerprint density at radius 2 is 2.05 bits per heavy atom. The van der Waals surface area contributed by atoms with Crippen molar-refractivity contribution >= 4 is 0 Å². The van der Waals surface area contributed by atoms with Gasteiger partial charge in [-0.1, -0.05) is 12.1 Å². The number of methoxy groups -OCH3 is 1. The van der Waals surface area contributed by atoms with E-state index in [9.17, 15) is 0 Å². The van der Waals surface area contributed by atoms with E-state index < -0.39 is 0 Å². The van der Waals surface area contributed by atoms with Gasteiger partial charge < -0.3 is 4.74 Å². The average molecular weight is 257 g/mol. The van der Waals surface area contributed by atoms with Crippen LogP contribution in [0.1, 0.15) is 28.3 Å². The number of nitrogens with zero attached hydrogens (tertiary/aromatic N) is 1. The number of nitrogens with two attached hydrogens (primary N) is 1. The molecule has 0 radical (unpaired) electrons. The van der Waals surface area contributed by atoms with Gasteiger partial charge in [0, 0.05) is 12.4 Å². The Balaban J connectivity index is 2.47. The van der Waals surface area contributed by atoms with E-state index in [1.54, 1.807) is 13.3 Å². The molecule has 0 aliphatic carbocycles. The van der Waals surface area contributed by atoms with Crippen LogP contribution in [0.3, 0.4) is 0 Å². The van der Waals surface area contributed by atoms with Crippen molar-refractivity contribution in [2.75, 3.05) is 7.11 Å². The van der Waals surface area contributed by atoms with Crippen LogP contribution in [0.5, 0.6) is 5.75 Å². The molecular weight excluding hydrogens is 238 g/mol. The van der Waals surface area contributed by atoms with Gasteiger partial charge in [0.15, 0.2) is 0 Å². The van der Waals surface area contributed by atoms with Crippen molar-refractivity contribution in [3.63, 3.8) is 0 Å². The normalized spacial score (nSPS) is 12.2. The van der Waals surface area contributed by atoms with Crippen LogP contribution >= 0.6 is 0 Å². The summed E-state index contributed by atoms with van der Waals surface area (Å²) in [7, 11) is 1.68. The van der Waals surface area contributed by atoms with Gasteiger partial charge in [0.1, 0.15) is 5.75 Å². The molecule has 0 aliphatic heterocycles. The van der Waals surface area contributed by atoms with Crippen molar-refractivity contribution in [2.45, 2.75) is 19.9 Å².